The zero-order valence-electron chi connectivity index (χ0n) is 9.67. The van der Waals surface area contributed by atoms with E-state index < -0.39 is 0 Å². The molecule has 0 amide bonds. The molecule has 0 bridgehead atoms. The molecule has 5 nitrogen and oxygen atoms in total. The minimum atomic E-state index is -0.156. The standard InChI is InChI=1S/C11H16N2O3.ClH/c1-15-10-7-16-6-4-9(10)13-5-2-3-8(12)11(13)14;/h2-3,5,9-10H,4,6-7,12H2,1H3;1H. The summed E-state index contributed by atoms with van der Waals surface area (Å²) in [6.45, 7) is 1.16. The van der Waals surface area contributed by atoms with Crippen molar-refractivity contribution >= 4 is 18.1 Å². The van der Waals surface area contributed by atoms with Gasteiger partial charge in [0.15, 0.2) is 0 Å². The molecule has 6 heteroatoms. The largest absolute Gasteiger partial charge is 0.394 e. The molecule has 2 N–H and O–H groups in total. The van der Waals surface area contributed by atoms with Gasteiger partial charge in [-0.05, 0) is 18.6 Å². The van der Waals surface area contributed by atoms with Crippen LogP contribution in [0.1, 0.15) is 12.5 Å². The lowest BCUT2D eigenvalue weighted by molar-refractivity contribution is -0.0608. The van der Waals surface area contributed by atoms with E-state index in [2.05, 4.69) is 0 Å². The molecule has 0 spiro atoms. The Hall–Kier alpha value is -1.04. The number of anilines is 1. The minimum absolute atomic E-state index is 0. The highest BCUT2D eigenvalue weighted by molar-refractivity contribution is 5.85. The summed E-state index contributed by atoms with van der Waals surface area (Å²) in [6, 6.07) is 3.40. The molecule has 2 unspecified atom stereocenters. The number of methoxy groups -OCH3 is 1. The summed E-state index contributed by atoms with van der Waals surface area (Å²) < 4.78 is 12.3. The Kier molecular flexibility index (Phi) is 4.99. The SMILES string of the molecule is COC1COCCC1n1cccc(N)c1=O.Cl. The van der Waals surface area contributed by atoms with Crippen LogP contribution in [0.2, 0.25) is 0 Å². The Balaban J connectivity index is 0.00000144. The second kappa shape index (κ2) is 6.05. The Bertz CT molecular complexity index is 421. The van der Waals surface area contributed by atoms with Crippen molar-refractivity contribution in [3.05, 3.63) is 28.7 Å². The van der Waals surface area contributed by atoms with E-state index in [1.807, 2.05) is 0 Å². The molecule has 96 valence electrons. The van der Waals surface area contributed by atoms with E-state index in [1.54, 1.807) is 30.0 Å². The molecule has 1 aromatic heterocycles. The maximum atomic E-state index is 11.9. The van der Waals surface area contributed by atoms with Crippen molar-refractivity contribution in [1.82, 2.24) is 4.57 Å². The number of nitrogens with zero attached hydrogens (tertiary/aromatic N) is 1. The molecule has 0 aromatic carbocycles. The first-order valence-corrected chi connectivity index (χ1v) is 5.31. The first kappa shape index (κ1) is 14.0. The number of rotatable bonds is 2. The van der Waals surface area contributed by atoms with Gasteiger partial charge in [0.1, 0.15) is 6.10 Å². The molecule has 1 aromatic rings. The first-order chi connectivity index (χ1) is 7.74. The van der Waals surface area contributed by atoms with E-state index in [9.17, 15) is 4.79 Å². The normalized spacial score (nSPS) is 24.1. The van der Waals surface area contributed by atoms with Crippen molar-refractivity contribution in [3.8, 4) is 0 Å². The van der Waals surface area contributed by atoms with Gasteiger partial charge in [0.05, 0.1) is 18.3 Å². The van der Waals surface area contributed by atoms with Crippen molar-refractivity contribution in [2.75, 3.05) is 26.1 Å². The molecule has 0 saturated carbocycles. The second-order valence-electron chi connectivity index (χ2n) is 3.88. The molecule has 2 atom stereocenters. The fourth-order valence-electron chi connectivity index (χ4n) is 2.03. The fraction of sp³-hybridized carbons (Fsp3) is 0.545. The van der Waals surface area contributed by atoms with E-state index in [0.29, 0.717) is 13.2 Å². The number of nitrogen functional groups attached to an aromatic ring is 1. The molecular weight excluding hydrogens is 244 g/mol. The third kappa shape index (κ3) is 2.80. The van der Waals surface area contributed by atoms with Gasteiger partial charge >= 0.3 is 0 Å². The fourth-order valence-corrected chi connectivity index (χ4v) is 2.03. The molecule has 1 saturated heterocycles. The summed E-state index contributed by atoms with van der Waals surface area (Å²) >= 11 is 0. The molecule has 2 rings (SSSR count). The number of hydrogen-bond donors (Lipinski definition) is 1. The molecule has 0 radical (unpaired) electrons. The summed E-state index contributed by atoms with van der Waals surface area (Å²) in [7, 11) is 1.63. The van der Waals surface area contributed by atoms with Gasteiger partial charge in [-0.2, -0.15) is 0 Å². The number of nitrogens with two attached hydrogens (primary N) is 1. The van der Waals surface area contributed by atoms with Gasteiger partial charge in [0.2, 0.25) is 0 Å². The predicted octanol–water partition coefficient (Wildman–Crippen LogP) is 0.829. The van der Waals surface area contributed by atoms with Crippen molar-refractivity contribution in [2.24, 2.45) is 0 Å². The summed E-state index contributed by atoms with van der Waals surface area (Å²) in [4.78, 5) is 11.9. The Morgan fingerprint density at radius 2 is 2.35 bits per heavy atom. The van der Waals surface area contributed by atoms with Gasteiger partial charge in [-0.25, -0.2) is 0 Å². The monoisotopic (exact) mass is 260 g/mol. The number of hydrogen-bond acceptors (Lipinski definition) is 4. The number of pyridine rings is 1. The van der Waals surface area contributed by atoms with Crippen molar-refractivity contribution in [2.45, 2.75) is 18.6 Å². The number of ether oxygens (including phenoxy) is 2. The van der Waals surface area contributed by atoms with Crippen LogP contribution < -0.4 is 11.3 Å². The van der Waals surface area contributed by atoms with Crippen molar-refractivity contribution in [1.29, 1.82) is 0 Å². The average molecular weight is 261 g/mol. The molecule has 17 heavy (non-hydrogen) atoms. The summed E-state index contributed by atoms with van der Waals surface area (Å²) in [5.41, 5.74) is 5.72. The summed E-state index contributed by atoms with van der Waals surface area (Å²) in [5, 5.41) is 0. The van der Waals surface area contributed by atoms with E-state index in [4.69, 9.17) is 15.2 Å². The maximum Gasteiger partial charge on any atom is 0.274 e. The molecule has 1 aliphatic heterocycles. The van der Waals surface area contributed by atoms with E-state index in [1.165, 1.54) is 0 Å². The van der Waals surface area contributed by atoms with E-state index in [0.717, 1.165) is 6.42 Å². The topological polar surface area (TPSA) is 66.5 Å². The lowest BCUT2D eigenvalue weighted by atomic mass is 10.1. The van der Waals surface area contributed by atoms with Crippen LogP contribution in [-0.4, -0.2) is 31.0 Å². The van der Waals surface area contributed by atoms with Crippen LogP contribution in [0.3, 0.4) is 0 Å². The van der Waals surface area contributed by atoms with Crippen molar-refractivity contribution in [3.63, 3.8) is 0 Å². The van der Waals surface area contributed by atoms with Crippen LogP contribution in [0, 0.1) is 0 Å². The van der Waals surface area contributed by atoms with Gasteiger partial charge in [-0.3, -0.25) is 4.79 Å². The van der Waals surface area contributed by atoms with Gasteiger partial charge < -0.3 is 19.8 Å². The molecule has 1 aliphatic rings. The highest BCUT2D eigenvalue weighted by Crippen LogP contribution is 2.22. The molecule has 2 heterocycles. The second-order valence-corrected chi connectivity index (χ2v) is 3.88. The quantitative estimate of drug-likeness (QED) is 0.855. The molecule has 1 fully saturated rings. The first-order valence-electron chi connectivity index (χ1n) is 5.31. The Labute approximate surface area is 106 Å². The van der Waals surface area contributed by atoms with E-state index in [-0.39, 0.29) is 35.8 Å². The van der Waals surface area contributed by atoms with Gasteiger partial charge in [-0.15, -0.1) is 12.4 Å². The number of aromatic nitrogens is 1. The highest BCUT2D eigenvalue weighted by Gasteiger charge is 2.27. The average Bonchev–Trinajstić information content (AvgIpc) is 2.33. The molecule has 0 aliphatic carbocycles. The van der Waals surface area contributed by atoms with Crippen LogP contribution in [0.25, 0.3) is 0 Å². The van der Waals surface area contributed by atoms with Gasteiger partial charge in [0, 0.05) is 19.9 Å². The maximum absolute atomic E-state index is 11.9. The summed E-state index contributed by atoms with van der Waals surface area (Å²) in [5.74, 6) is 0. The smallest absolute Gasteiger partial charge is 0.274 e. The lowest BCUT2D eigenvalue weighted by Crippen LogP contribution is -2.40. The highest BCUT2D eigenvalue weighted by atomic mass is 35.5. The third-order valence-corrected chi connectivity index (χ3v) is 2.93. The number of halogens is 1. The Morgan fingerprint density at radius 1 is 1.59 bits per heavy atom. The van der Waals surface area contributed by atoms with Crippen LogP contribution in [0.15, 0.2) is 23.1 Å². The summed E-state index contributed by atoms with van der Waals surface area (Å²) in [6.07, 6.45) is 2.43. The van der Waals surface area contributed by atoms with Gasteiger partial charge in [0.25, 0.3) is 5.56 Å². The Morgan fingerprint density at radius 3 is 3.06 bits per heavy atom. The third-order valence-electron chi connectivity index (χ3n) is 2.93. The van der Waals surface area contributed by atoms with Crippen LogP contribution >= 0.6 is 12.4 Å². The minimum Gasteiger partial charge on any atom is -0.394 e. The van der Waals surface area contributed by atoms with Gasteiger partial charge in [-0.1, -0.05) is 0 Å². The van der Waals surface area contributed by atoms with Crippen LogP contribution in [-0.2, 0) is 9.47 Å². The zero-order chi connectivity index (χ0) is 11.5. The van der Waals surface area contributed by atoms with Crippen molar-refractivity contribution < 1.29 is 9.47 Å². The lowest BCUT2D eigenvalue weighted by Gasteiger charge is -2.31. The van der Waals surface area contributed by atoms with Crippen LogP contribution in [0.5, 0.6) is 0 Å². The van der Waals surface area contributed by atoms with E-state index >= 15 is 0 Å². The predicted molar refractivity (Wildman–Crippen MR) is 67.6 cm³/mol. The zero-order valence-corrected chi connectivity index (χ0v) is 10.5. The molecular formula is C11H17ClN2O3. The van der Waals surface area contributed by atoms with Crippen LogP contribution in [0.4, 0.5) is 5.69 Å².